The minimum Gasteiger partial charge on any atom is -0.489 e. The Morgan fingerprint density at radius 2 is 1.60 bits per heavy atom. The fourth-order valence-electron chi connectivity index (χ4n) is 2.27. The first-order valence-electron chi connectivity index (χ1n) is 7.16. The van der Waals surface area contributed by atoms with Gasteiger partial charge >= 0.3 is 0 Å². The Morgan fingerprint density at radius 3 is 2.25 bits per heavy atom. The highest BCUT2D eigenvalue weighted by Gasteiger charge is 2.18. The Bertz CT molecular complexity index is 591. The van der Waals surface area contributed by atoms with Crippen LogP contribution < -0.4 is 4.74 Å². The molecule has 0 heterocycles. The Balaban J connectivity index is 2.17. The Labute approximate surface area is 122 Å². The van der Waals surface area contributed by atoms with Crippen LogP contribution in [0.5, 0.6) is 5.75 Å². The van der Waals surface area contributed by atoms with E-state index in [1.165, 1.54) is 22.3 Å². The van der Waals surface area contributed by atoms with Gasteiger partial charge in [-0.2, -0.15) is 0 Å². The summed E-state index contributed by atoms with van der Waals surface area (Å²) in [6, 6.07) is 14.8. The number of hydrogen-bond donors (Lipinski definition) is 0. The smallest absolute Gasteiger partial charge is 0.123 e. The van der Waals surface area contributed by atoms with Crippen molar-refractivity contribution in [1.29, 1.82) is 0 Å². The third kappa shape index (κ3) is 3.41. The molecule has 0 aliphatic carbocycles. The minimum absolute atomic E-state index is 0.0970. The quantitative estimate of drug-likeness (QED) is 0.745. The Morgan fingerprint density at radius 1 is 0.900 bits per heavy atom. The van der Waals surface area contributed by atoms with Crippen molar-refractivity contribution in [3.8, 4) is 5.75 Å². The van der Waals surface area contributed by atoms with E-state index in [0.29, 0.717) is 6.61 Å². The van der Waals surface area contributed by atoms with E-state index in [4.69, 9.17) is 4.74 Å². The molecule has 2 aromatic carbocycles. The summed E-state index contributed by atoms with van der Waals surface area (Å²) in [5.74, 6) is 0.984. The predicted molar refractivity (Wildman–Crippen MR) is 85.4 cm³/mol. The lowest BCUT2D eigenvalue weighted by molar-refractivity contribution is 0.297. The molecule has 0 spiro atoms. The molecular formula is C19H24O. The van der Waals surface area contributed by atoms with E-state index >= 15 is 0 Å². The maximum Gasteiger partial charge on any atom is 0.123 e. The van der Waals surface area contributed by atoms with Crippen LogP contribution in [0.25, 0.3) is 0 Å². The number of benzene rings is 2. The van der Waals surface area contributed by atoms with Gasteiger partial charge in [0.05, 0.1) is 0 Å². The van der Waals surface area contributed by atoms with E-state index in [9.17, 15) is 0 Å². The monoisotopic (exact) mass is 268 g/mol. The largest absolute Gasteiger partial charge is 0.489 e. The van der Waals surface area contributed by atoms with Crippen LogP contribution in [0.1, 0.15) is 43.0 Å². The standard InChI is InChI=1S/C19H24O/c1-14-10-11-16(12-15(14)2)13-20-18-9-7-6-8-17(18)19(3,4)5/h6-12H,13H2,1-5H3. The van der Waals surface area contributed by atoms with Gasteiger partial charge < -0.3 is 4.74 Å². The number of aryl methyl sites for hydroxylation is 2. The van der Waals surface area contributed by atoms with E-state index in [2.05, 4.69) is 71.0 Å². The van der Waals surface area contributed by atoms with Gasteiger partial charge in [0.25, 0.3) is 0 Å². The van der Waals surface area contributed by atoms with Crippen LogP contribution in [0.4, 0.5) is 0 Å². The Hall–Kier alpha value is -1.76. The van der Waals surface area contributed by atoms with Gasteiger partial charge in [0.15, 0.2) is 0 Å². The predicted octanol–water partition coefficient (Wildman–Crippen LogP) is 5.18. The molecule has 0 aromatic heterocycles. The molecule has 0 bridgehead atoms. The van der Waals surface area contributed by atoms with Crippen molar-refractivity contribution in [2.24, 2.45) is 0 Å². The summed E-state index contributed by atoms with van der Waals surface area (Å²) in [4.78, 5) is 0. The van der Waals surface area contributed by atoms with Crippen LogP contribution >= 0.6 is 0 Å². The maximum absolute atomic E-state index is 6.04. The van der Waals surface area contributed by atoms with Gasteiger partial charge in [-0.15, -0.1) is 0 Å². The molecule has 0 aliphatic heterocycles. The van der Waals surface area contributed by atoms with Crippen molar-refractivity contribution < 1.29 is 4.74 Å². The Kier molecular flexibility index (Phi) is 4.17. The molecule has 106 valence electrons. The molecule has 0 saturated carbocycles. The number of hydrogen-bond acceptors (Lipinski definition) is 1. The van der Waals surface area contributed by atoms with Crippen LogP contribution in [0.15, 0.2) is 42.5 Å². The minimum atomic E-state index is 0.0970. The summed E-state index contributed by atoms with van der Waals surface area (Å²) >= 11 is 0. The van der Waals surface area contributed by atoms with Gasteiger partial charge in [0.2, 0.25) is 0 Å². The van der Waals surface area contributed by atoms with Crippen molar-refractivity contribution in [3.63, 3.8) is 0 Å². The second kappa shape index (κ2) is 5.70. The number of ether oxygens (including phenoxy) is 1. The lowest BCUT2D eigenvalue weighted by atomic mass is 9.86. The lowest BCUT2D eigenvalue weighted by Crippen LogP contribution is -2.13. The third-order valence-corrected chi connectivity index (χ3v) is 3.66. The van der Waals surface area contributed by atoms with Crippen LogP contribution in [0.3, 0.4) is 0 Å². The first-order valence-corrected chi connectivity index (χ1v) is 7.16. The summed E-state index contributed by atoms with van der Waals surface area (Å²) in [5.41, 5.74) is 5.21. The zero-order chi connectivity index (χ0) is 14.8. The molecule has 1 nitrogen and oxygen atoms in total. The molecule has 2 aromatic rings. The highest BCUT2D eigenvalue weighted by atomic mass is 16.5. The average Bonchev–Trinajstić information content (AvgIpc) is 2.39. The molecule has 1 heteroatoms. The number of para-hydroxylation sites is 1. The molecule has 0 atom stereocenters. The first kappa shape index (κ1) is 14.6. The molecule has 0 fully saturated rings. The SMILES string of the molecule is Cc1ccc(COc2ccccc2C(C)(C)C)cc1C. The van der Waals surface area contributed by atoms with Crippen molar-refractivity contribution in [3.05, 3.63) is 64.7 Å². The highest BCUT2D eigenvalue weighted by molar-refractivity contribution is 5.38. The van der Waals surface area contributed by atoms with Crippen molar-refractivity contribution >= 4 is 0 Å². The second-order valence-electron chi connectivity index (χ2n) is 6.45. The van der Waals surface area contributed by atoms with Crippen LogP contribution in [-0.4, -0.2) is 0 Å². The molecule has 0 unspecified atom stereocenters. The zero-order valence-electron chi connectivity index (χ0n) is 13.2. The van der Waals surface area contributed by atoms with Gasteiger partial charge in [-0.05, 0) is 47.6 Å². The molecule has 2 rings (SSSR count). The van der Waals surface area contributed by atoms with E-state index in [0.717, 1.165) is 5.75 Å². The number of rotatable bonds is 3. The second-order valence-corrected chi connectivity index (χ2v) is 6.45. The first-order chi connectivity index (χ1) is 9.38. The van der Waals surface area contributed by atoms with Gasteiger partial charge in [-0.25, -0.2) is 0 Å². The molecule has 0 N–H and O–H groups in total. The van der Waals surface area contributed by atoms with Gasteiger partial charge in [0.1, 0.15) is 12.4 Å². The van der Waals surface area contributed by atoms with E-state index < -0.39 is 0 Å². The van der Waals surface area contributed by atoms with Crippen LogP contribution in [0, 0.1) is 13.8 Å². The third-order valence-electron chi connectivity index (χ3n) is 3.66. The summed E-state index contributed by atoms with van der Waals surface area (Å²) in [7, 11) is 0. The fourth-order valence-corrected chi connectivity index (χ4v) is 2.27. The van der Waals surface area contributed by atoms with E-state index in [1.807, 2.05) is 6.07 Å². The summed E-state index contributed by atoms with van der Waals surface area (Å²) in [6.07, 6.45) is 0. The summed E-state index contributed by atoms with van der Waals surface area (Å²) in [6.45, 7) is 11.5. The summed E-state index contributed by atoms with van der Waals surface area (Å²) < 4.78 is 6.04. The highest BCUT2D eigenvalue weighted by Crippen LogP contribution is 2.31. The van der Waals surface area contributed by atoms with Gasteiger partial charge in [-0.1, -0.05) is 57.2 Å². The maximum atomic E-state index is 6.04. The average molecular weight is 268 g/mol. The normalized spacial score (nSPS) is 11.4. The van der Waals surface area contributed by atoms with Gasteiger partial charge in [0, 0.05) is 0 Å². The fraction of sp³-hybridized carbons (Fsp3) is 0.368. The molecular weight excluding hydrogens is 244 g/mol. The van der Waals surface area contributed by atoms with Gasteiger partial charge in [-0.3, -0.25) is 0 Å². The summed E-state index contributed by atoms with van der Waals surface area (Å²) in [5, 5.41) is 0. The van der Waals surface area contributed by atoms with Crippen molar-refractivity contribution in [2.75, 3.05) is 0 Å². The molecule has 20 heavy (non-hydrogen) atoms. The molecule has 0 radical (unpaired) electrons. The van der Waals surface area contributed by atoms with Crippen LogP contribution in [0.2, 0.25) is 0 Å². The lowest BCUT2D eigenvalue weighted by Gasteiger charge is -2.22. The molecule has 0 saturated heterocycles. The molecule has 0 aliphatic rings. The van der Waals surface area contributed by atoms with E-state index in [1.54, 1.807) is 0 Å². The zero-order valence-corrected chi connectivity index (χ0v) is 13.2. The van der Waals surface area contributed by atoms with E-state index in [-0.39, 0.29) is 5.41 Å². The van der Waals surface area contributed by atoms with Crippen molar-refractivity contribution in [2.45, 2.75) is 46.6 Å². The van der Waals surface area contributed by atoms with Crippen molar-refractivity contribution in [1.82, 2.24) is 0 Å². The van der Waals surface area contributed by atoms with Crippen LogP contribution in [-0.2, 0) is 12.0 Å². The molecule has 0 amide bonds. The topological polar surface area (TPSA) is 9.23 Å².